The monoisotopic (exact) mass is 292 g/mol. The van der Waals surface area contributed by atoms with Gasteiger partial charge in [-0.05, 0) is 13.8 Å². The number of nitrogens with zero attached hydrogens (tertiary/aromatic N) is 1. The van der Waals surface area contributed by atoms with Crippen molar-refractivity contribution in [1.82, 2.24) is 5.32 Å². The van der Waals surface area contributed by atoms with Crippen molar-refractivity contribution in [3.63, 3.8) is 0 Å². The van der Waals surface area contributed by atoms with Crippen molar-refractivity contribution < 1.29 is 26.7 Å². The second kappa shape index (κ2) is 5.45. The average molecular weight is 292 g/mol. The third-order valence-corrected chi connectivity index (χ3v) is 2.43. The summed E-state index contributed by atoms with van der Waals surface area (Å²) in [4.78, 5) is 11.5. The Morgan fingerprint density at radius 3 is 1.85 bits per heavy atom. The van der Waals surface area contributed by atoms with Gasteiger partial charge in [0.05, 0.1) is 11.5 Å². The van der Waals surface area contributed by atoms with Crippen LogP contribution in [0.1, 0.15) is 24.2 Å². The Morgan fingerprint density at radius 1 is 1.05 bits per heavy atom. The number of amides is 1. The molecule has 3 nitrogen and oxygen atoms in total. The molecular formula is C12H9F5N2O. The van der Waals surface area contributed by atoms with Crippen LogP contribution < -0.4 is 5.32 Å². The standard InChI is InChI=1S/C12H9F5N2O/c1-12(2,3-18)4-19-11(20)5-6(13)8(15)10(17)9(16)7(5)14/h4H2,1-2H3,(H,19,20). The van der Waals surface area contributed by atoms with E-state index in [1.807, 2.05) is 5.32 Å². The predicted octanol–water partition coefficient (Wildman–Crippen LogP) is 2.66. The molecule has 108 valence electrons. The highest BCUT2D eigenvalue weighted by atomic mass is 19.2. The topological polar surface area (TPSA) is 52.9 Å². The summed E-state index contributed by atoms with van der Waals surface area (Å²) in [7, 11) is 0. The lowest BCUT2D eigenvalue weighted by molar-refractivity contribution is 0.0932. The van der Waals surface area contributed by atoms with Gasteiger partial charge in [-0.15, -0.1) is 0 Å². The van der Waals surface area contributed by atoms with E-state index in [-0.39, 0.29) is 6.54 Å². The van der Waals surface area contributed by atoms with Crippen LogP contribution in [-0.2, 0) is 0 Å². The van der Waals surface area contributed by atoms with E-state index >= 15 is 0 Å². The van der Waals surface area contributed by atoms with Gasteiger partial charge in [-0.3, -0.25) is 4.79 Å². The van der Waals surface area contributed by atoms with Gasteiger partial charge in [0.15, 0.2) is 23.3 Å². The summed E-state index contributed by atoms with van der Waals surface area (Å²) in [6, 6.07) is 1.80. The summed E-state index contributed by atoms with van der Waals surface area (Å²) < 4.78 is 65.2. The van der Waals surface area contributed by atoms with E-state index in [0.717, 1.165) is 0 Å². The number of nitrogens with one attached hydrogen (secondary N) is 1. The molecule has 20 heavy (non-hydrogen) atoms. The maximum atomic E-state index is 13.3. The highest BCUT2D eigenvalue weighted by Gasteiger charge is 2.30. The first-order chi connectivity index (χ1) is 9.12. The Balaban J connectivity index is 3.16. The molecule has 0 atom stereocenters. The number of nitriles is 1. The van der Waals surface area contributed by atoms with Gasteiger partial charge in [0.2, 0.25) is 5.82 Å². The Bertz CT molecular complexity index is 578. The lowest BCUT2D eigenvalue weighted by Crippen LogP contribution is -2.34. The van der Waals surface area contributed by atoms with Crippen LogP contribution in [0.3, 0.4) is 0 Å². The van der Waals surface area contributed by atoms with E-state index in [2.05, 4.69) is 0 Å². The fourth-order valence-electron chi connectivity index (χ4n) is 1.23. The van der Waals surface area contributed by atoms with E-state index in [9.17, 15) is 26.7 Å². The third kappa shape index (κ3) is 2.87. The molecule has 0 saturated carbocycles. The van der Waals surface area contributed by atoms with E-state index < -0.39 is 46.0 Å². The molecule has 0 radical (unpaired) electrons. The lowest BCUT2D eigenvalue weighted by Gasteiger charge is -2.16. The molecule has 0 unspecified atom stereocenters. The van der Waals surface area contributed by atoms with Crippen molar-refractivity contribution in [1.29, 1.82) is 5.26 Å². The van der Waals surface area contributed by atoms with Crippen LogP contribution in [0, 0.1) is 45.8 Å². The van der Waals surface area contributed by atoms with Gasteiger partial charge in [0, 0.05) is 6.54 Å². The maximum absolute atomic E-state index is 13.3. The van der Waals surface area contributed by atoms with Gasteiger partial charge < -0.3 is 5.32 Å². The first kappa shape index (κ1) is 15.9. The second-order valence-corrected chi connectivity index (χ2v) is 4.62. The van der Waals surface area contributed by atoms with Crippen molar-refractivity contribution in [2.24, 2.45) is 5.41 Å². The van der Waals surface area contributed by atoms with Gasteiger partial charge in [-0.25, -0.2) is 22.0 Å². The molecule has 0 saturated heterocycles. The van der Waals surface area contributed by atoms with Gasteiger partial charge in [-0.1, -0.05) is 0 Å². The van der Waals surface area contributed by atoms with E-state index in [4.69, 9.17) is 5.26 Å². The van der Waals surface area contributed by atoms with Crippen LogP contribution in [0.4, 0.5) is 22.0 Å². The quantitative estimate of drug-likeness (QED) is 0.529. The summed E-state index contributed by atoms with van der Waals surface area (Å²) in [5.41, 5.74) is -2.63. The van der Waals surface area contributed by atoms with Crippen LogP contribution in [-0.4, -0.2) is 12.5 Å². The van der Waals surface area contributed by atoms with Crippen molar-refractivity contribution in [2.75, 3.05) is 6.54 Å². The van der Waals surface area contributed by atoms with Crippen LogP contribution >= 0.6 is 0 Å². The largest absolute Gasteiger partial charge is 0.350 e. The van der Waals surface area contributed by atoms with E-state index in [0.29, 0.717) is 0 Å². The van der Waals surface area contributed by atoms with Gasteiger partial charge in [0.1, 0.15) is 5.56 Å². The summed E-state index contributed by atoms with van der Waals surface area (Å²) >= 11 is 0. The number of halogens is 5. The maximum Gasteiger partial charge on any atom is 0.257 e. The zero-order valence-corrected chi connectivity index (χ0v) is 10.5. The van der Waals surface area contributed by atoms with Crippen molar-refractivity contribution in [2.45, 2.75) is 13.8 Å². The zero-order valence-electron chi connectivity index (χ0n) is 10.5. The smallest absolute Gasteiger partial charge is 0.257 e. The molecule has 0 aliphatic heterocycles. The fourth-order valence-corrected chi connectivity index (χ4v) is 1.23. The number of hydrogen-bond acceptors (Lipinski definition) is 2. The highest BCUT2D eigenvalue weighted by molar-refractivity contribution is 5.94. The molecule has 1 aromatic carbocycles. The zero-order chi connectivity index (χ0) is 15.7. The second-order valence-electron chi connectivity index (χ2n) is 4.62. The van der Waals surface area contributed by atoms with Crippen molar-refractivity contribution >= 4 is 5.91 Å². The van der Waals surface area contributed by atoms with Crippen molar-refractivity contribution in [3.05, 3.63) is 34.6 Å². The molecule has 0 spiro atoms. The number of carbonyl (C=O) groups is 1. The van der Waals surface area contributed by atoms with Crippen LogP contribution in [0.25, 0.3) is 0 Å². The molecule has 0 aliphatic rings. The molecule has 0 bridgehead atoms. The predicted molar refractivity (Wildman–Crippen MR) is 58.0 cm³/mol. The van der Waals surface area contributed by atoms with Crippen molar-refractivity contribution in [3.8, 4) is 6.07 Å². The summed E-state index contributed by atoms with van der Waals surface area (Å²) in [6.45, 7) is 2.53. The Hall–Kier alpha value is -2.17. The number of carbonyl (C=O) groups excluding carboxylic acids is 1. The summed E-state index contributed by atoms with van der Waals surface area (Å²) in [5, 5.41) is 10.6. The minimum Gasteiger partial charge on any atom is -0.350 e. The molecule has 0 aromatic heterocycles. The Labute approximate surface area is 111 Å². The molecule has 8 heteroatoms. The molecule has 0 aliphatic carbocycles. The molecule has 0 fully saturated rings. The van der Waals surface area contributed by atoms with Gasteiger partial charge in [0.25, 0.3) is 5.91 Å². The van der Waals surface area contributed by atoms with Gasteiger partial charge >= 0.3 is 0 Å². The van der Waals surface area contributed by atoms with E-state index in [1.54, 1.807) is 6.07 Å². The Kier molecular flexibility index (Phi) is 4.33. The van der Waals surface area contributed by atoms with Crippen LogP contribution in [0.2, 0.25) is 0 Å². The highest BCUT2D eigenvalue weighted by Crippen LogP contribution is 2.23. The SMILES string of the molecule is CC(C)(C#N)CNC(=O)c1c(F)c(F)c(F)c(F)c1F. The average Bonchev–Trinajstić information content (AvgIpc) is 2.41. The normalized spacial score (nSPS) is 11.1. The molecule has 1 amide bonds. The lowest BCUT2D eigenvalue weighted by atomic mass is 9.96. The minimum atomic E-state index is -2.34. The van der Waals surface area contributed by atoms with Gasteiger partial charge in [-0.2, -0.15) is 5.26 Å². The Morgan fingerprint density at radius 2 is 1.45 bits per heavy atom. The molecule has 1 N–H and O–H groups in total. The molecule has 1 aromatic rings. The summed E-state index contributed by atoms with van der Waals surface area (Å²) in [5.74, 6) is -12.7. The number of benzene rings is 1. The first-order valence-electron chi connectivity index (χ1n) is 5.33. The molecule has 0 heterocycles. The number of hydrogen-bond donors (Lipinski definition) is 1. The van der Waals surface area contributed by atoms with E-state index in [1.165, 1.54) is 13.8 Å². The van der Waals surface area contributed by atoms with Crippen LogP contribution in [0.15, 0.2) is 0 Å². The minimum absolute atomic E-state index is 0.318. The third-order valence-electron chi connectivity index (χ3n) is 2.43. The van der Waals surface area contributed by atoms with Crippen LogP contribution in [0.5, 0.6) is 0 Å². The first-order valence-corrected chi connectivity index (χ1v) is 5.33. The fraction of sp³-hybridized carbons (Fsp3) is 0.333. The molecular weight excluding hydrogens is 283 g/mol. The number of rotatable bonds is 3. The summed E-state index contributed by atoms with van der Waals surface area (Å²) in [6.07, 6.45) is 0. The molecule has 1 rings (SSSR count).